The lowest BCUT2D eigenvalue weighted by Gasteiger charge is -2.22. The molecule has 1 aliphatic carbocycles. The van der Waals surface area contributed by atoms with Gasteiger partial charge in [-0.15, -0.1) is 0 Å². The maximum atomic E-state index is 13.2. The van der Waals surface area contributed by atoms with Gasteiger partial charge in [-0.1, -0.05) is 38.3 Å². The van der Waals surface area contributed by atoms with Gasteiger partial charge in [0.2, 0.25) is 11.8 Å². The summed E-state index contributed by atoms with van der Waals surface area (Å²) in [6.07, 6.45) is 2.67. The second-order valence-electron chi connectivity index (χ2n) is 7.33. The third kappa shape index (κ3) is 5.14. The number of nitrogens with one attached hydrogen (secondary N) is 1. The van der Waals surface area contributed by atoms with Crippen LogP contribution in [0.5, 0.6) is 5.88 Å². The molecule has 0 aliphatic heterocycles. The van der Waals surface area contributed by atoms with E-state index >= 15 is 0 Å². The van der Waals surface area contributed by atoms with Gasteiger partial charge in [0.15, 0.2) is 0 Å². The van der Waals surface area contributed by atoms with E-state index in [0.29, 0.717) is 12.3 Å². The molecule has 1 fully saturated rings. The van der Waals surface area contributed by atoms with Gasteiger partial charge in [-0.3, -0.25) is 0 Å². The van der Waals surface area contributed by atoms with E-state index in [2.05, 4.69) is 27.4 Å². The van der Waals surface area contributed by atoms with Crippen LogP contribution in [-0.2, 0) is 6.18 Å². The Labute approximate surface area is 163 Å². The molecule has 0 saturated heterocycles. The molecular formula is C21H26F3N3O. The van der Waals surface area contributed by atoms with E-state index in [1.54, 1.807) is 6.92 Å². The number of nitrogens with zero attached hydrogens (tertiary/aromatic N) is 2. The summed E-state index contributed by atoms with van der Waals surface area (Å²) in [6, 6.07) is 7.97. The van der Waals surface area contributed by atoms with E-state index in [4.69, 9.17) is 4.74 Å². The molecule has 152 valence electrons. The zero-order chi connectivity index (χ0) is 20.1. The third-order valence-electron chi connectivity index (χ3n) is 5.19. The normalized spacial score (nSPS) is 16.6. The quantitative estimate of drug-likeness (QED) is 0.611. The smallest absolute Gasteiger partial charge is 0.423 e. The Hall–Kier alpha value is -2.31. The van der Waals surface area contributed by atoms with E-state index < -0.39 is 17.6 Å². The summed E-state index contributed by atoms with van der Waals surface area (Å²) in [7, 11) is 0. The second kappa shape index (κ2) is 8.80. The lowest BCUT2D eigenvalue weighted by Crippen LogP contribution is -2.17. The van der Waals surface area contributed by atoms with Crippen LogP contribution in [0.2, 0.25) is 0 Å². The van der Waals surface area contributed by atoms with Crippen molar-refractivity contribution in [3.63, 3.8) is 0 Å². The van der Waals surface area contributed by atoms with Crippen LogP contribution in [0, 0.1) is 0 Å². The van der Waals surface area contributed by atoms with Gasteiger partial charge in [0.1, 0.15) is 5.56 Å². The minimum absolute atomic E-state index is 0.0803. The molecule has 1 N–H and O–H groups in total. The maximum absolute atomic E-state index is 13.2. The van der Waals surface area contributed by atoms with Crippen molar-refractivity contribution in [2.45, 2.75) is 70.6 Å². The molecule has 1 aromatic heterocycles. The first kappa shape index (κ1) is 20.4. The molecule has 1 saturated carbocycles. The molecule has 1 atom stereocenters. The van der Waals surface area contributed by atoms with Gasteiger partial charge in [0, 0.05) is 11.9 Å². The number of ether oxygens (including phenoxy) is 1. The fraction of sp³-hybridized carbons (Fsp3) is 0.524. The zero-order valence-electron chi connectivity index (χ0n) is 16.2. The minimum atomic E-state index is -4.57. The van der Waals surface area contributed by atoms with Crippen LogP contribution in [0.15, 0.2) is 30.5 Å². The molecule has 1 aliphatic rings. The Kier molecular flexibility index (Phi) is 6.42. The molecule has 4 nitrogen and oxygen atoms in total. The molecule has 3 rings (SSSR count). The largest absolute Gasteiger partial charge is 0.474 e. The van der Waals surface area contributed by atoms with Crippen LogP contribution in [0.1, 0.15) is 69.4 Å². The highest BCUT2D eigenvalue weighted by Crippen LogP contribution is 2.36. The van der Waals surface area contributed by atoms with E-state index in [0.717, 1.165) is 11.9 Å². The number of alkyl halides is 3. The number of anilines is 2. The van der Waals surface area contributed by atoms with Crippen molar-refractivity contribution in [3.05, 3.63) is 41.6 Å². The lowest BCUT2D eigenvalue weighted by molar-refractivity contribution is -0.139. The van der Waals surface area contributed by atoms with Crippen LogP contribution in [0.4, 0.5) is 24.8 Å². The minimum Gasteiger partial charge on any atom is -0.474 e. The number of hydrogen-bond acceptors (Lipinski definition) is 4. The predicted octanol–water partition coefficient (Wildman–Crippen LogP) is 6.46. The maximum Gasteiger partial charge on any atom is 0.423 e. The second-order valence-corrected chi connectivity index (χ2v) is 7.33. The molecule has 1 aromatic carbocycles. The Balaban J connectivity index is 1.76. The summed E-state index contributed by atoms with van der Waals surface area (Å²) >= 11 is 0. The van der Waals surface area contributed by atoms with Crippen molar-refractivity contribution in [3.8, 4) is 5.88 Å². The molecule has 2 aromatic rings. The van der Waals surface area contributed by atoms with Gasteiger partial charge in [0.25, 0.3) is 0 Å². The van der Waals surface area contributed by atoms with Crippen LogP contribution in [0.25, 0.3) is 0 Å². The van der Waals surface area contributed by atoms with E-state index in [-0.39, 0.29) is 12.1 Å². The Bertz CT molecular complexity index is 771. The summed E-state index contributed by atoms with van der Waals surface area (Å²) in [5.74, 6) is 0.232. The van der Waals surface area contributed by atoms with Gasteiger partial charge in [-0.2, -0.15) is 18.2 Å². The van der Waals surface area contributed by atoms with Crippen LogP contribution in [0.3, 0.4) is 0 Å². The number of benzene rings is 1. The van der Waals surface area contributed by atoms with E-state index in [1.807, 2.05) is 19.1 Å². The van der Waals surface area contributed by atoms with Crippen molar-refractivity contribution in [1.82, 2.24) is 9.97 Å². The van der Waals surface area contributed by atoms with Gasteiger partial charge in [-0.25, -0.2) is 4.98 Å². The number of rotatable bonds is 6. The summed E-state index contributed by atoms with van der Waals surface area (Å²) in [5, 5.41) is 2.97. The Morgan fingerprint density at radius 1 is 1.14 bits per heavy atom. The number of hydrogen-bond donors (Lipinski definition) is 1. The molecule has 28 heavy (non-hydrogen) atoms. The summed E-state index contributed by atoms with van der Waals surface area (Å²) in [5.41, 5.74) is 1.07. The van der Waals surface area contributed by atoms with Gasteiger partial charge >= 0.3 is 6.18 Å². The predicted molar refractivity (Wildman–Crippen MR) is 103 cm³/mol. The first-order chi connectivity index (χ1) is 13.4. The molecule has 0 bridgehead atoms. The first-order valence-electron chi connectivity index (χ1n) is 9.84. The summed E-state index contributed by atoms with van der Waals surface area (Å²) in [6.45, 7) is 3.55. The van der Waals surface area contributed by atoms with Crippen molar-refractivity contribution >= 4 is 11.6 Å². The van der Waals surface area contributed by atoms with Gasteiger partial charge in [-0.05, 0) is 49.8 Å². The average Bonchev–Trinajstić information content (AvgIpc) is 2.68. The molecule has 0 radical (unpaired) electrons. The molecule has 0 amide bonds. The Morgan fingerprint density at radius 2 is 1.82 bits per heavy atom. The number of aromatic nitrogens is 2. The lowest BCUT2D eigenvalue weighted by atomic mass is 9.84. The van der Waals surface area contributed by atoms with Crippen molar-refractivity contribution in [2.24, 2.45) is 0 Å². The van der Waals surface area contributed by atoms with Crippen molar-refractivity contribution in [2.75, 3.05) is 5.32 Å². The van der Waals surface area contributed by atoms with E-state index in [9.17, 15) is 13.2 Å². The summed E-state index contributed by atoms with van der Waals surface area (Å²) in [4.78, 5) is 7.79. The molecule has 7 heteroatoms. The fourth-order valence-electron chi connectivity index (χ4n) is 3.39. The monoisotopic (exact) mass is 393 g/mol. The Morgan fingerprint density at radius 3 is 2.43 bits per heavy atom. The first-order valence-corrected chi connectivity index (χ1v) is 9.84. The SMILES string of the molecule is CCC(C)Oc1nc(Nc2ccc(C3CCCCC3)cc2)ncc1C(F)(F)F. The van der Waals surface area contributed by atoms with Crippen molar-refractivity contribution in [1.29, 1.82) is 0 Å². The third-order valence-corrected chi connectivity index (χ3v) is 5.19. The van der Waals surface area contributed by atoms with Crippen molar-refractivity contribution < 1.29 is 17.9 Å². The highest BCUT2D eigenvalue weighted by atomic mass is 19.4. The van der Waals surface area contributed by atoms with Crippen LogP contribution >= 0.6 is 0 Å². The topological polar surface area (TPSA) is 47.0 Å². The highest BCUT2D eigenvalue weighted by Gasteiger charge is 2.36. The molecule has 1 heterocycles. The highest BCUT2D eigenvalue weighted by molar-refractivity contribution is 5.54. The van der Waals surface area contributed by atoms with E-state index in [1.165, 1.54) is 37.7 Å². The van der Waals surface area contributed by atoms with Gasteiger partial charge in [0.05, 0.1) is 6.10 Å². The summed E-state index contributed by atoms with van der Waals surface area (Å²) < 4.78 is 45.0. The van der Waals surface area contributed by atoms with Gasteiger partial charge < -0.3 is 10.1 Å². The van der Waals surface area contributed by atoms with Crippen LogP contribution in [-0.4, -0.2) is 16.1 Å². The standard InChI is InChI=1S/C21H26F3N3O/c1-3-14(2)28-19-18(21(22,23)24)13-25-20(27-19)26-17-11-9-16(10-12-17)15-7-5-4-6-8-15/h9-15H,3-8H2,1-2H3,(H,25,26,27). The molecule has 0 spiro atoms. The molecular weight excluding hydrogens is 367 g/mol. The zero-order valence-corrected chi connectivity index (χ0v) is 16.2. The number of halogens is 3. The van der Waals surface area contributed by atoms with Crippen LogP contribution < -0.4 is 10.1 Å². The fourth-order valence-corrected chi connectivity index (χ4v) is 3.39. The average molecular weight is 393 g/mol. The molecule has 1 unspecified atom stereocenters.